The van der Waals surface area contributed by atoms with Crippen molar-refractivity contribution in [3.8, 4) is 5.75 Å². The molecule has 33 heavy (non-hydrogen) atoms. The summed E-state index contributed by atoms with van der Waals surface area (Å²) in [6.07, 6.45) is 9.10. The molecule has 0 bridgehead atoms. The largest absolute Gasteiger partial charge is 0.450 e. The standard InChI is InChI=1S/C25H39N5O3/c1-4-12-29(3)14-11-27-18-24(31)30(5-2)13-9-20-15-21(20)16-28-25(32)22-7-6-19-8-10-26-17-23(19)33-22/h7-8,10,17,20-21,27H,4-6,9,11-16,18H2,1-3H3,(H,28,32). The Hall–Kier alpha value is -2.45. The van der Waals surface area contributed by atoms with Gasteiger partial charge in [-0.15, -0.1) is 0 Å². The number of rotatable bonds is 14. The van der Waals surface area contributed by atoms with E-state index in [0.717, 1.165) is 57.5 Å². The zero-order valence-corrected chi connectivity index (χ0v) is 20.3. The molecule has 182 valence electrons. The molecule has 2 unspecified atom stereocenters. The van der Waals surface area contributed by atoms with Gasteiger partial charge in [-0.25, -0.2) is 0 Å². The van der Waals surface area contributed by atoms with Gasteiger partial charge >= 0.3 is 0 Å². The van der Waals surface area contributed by atoms with Crippen LogP contribution in [0, 0.1) is 11.8 Å². The molecule has 1 aliphatic carbocycles. The van der Waals surface area contributed by atoms with Crippen LogP contribution in [-0.4, -0.2) is 79.5 Å². The third kappa shape index (κ3) is 7.82. The average Bonchev–Trinajstić information content (AvgIpc) is 3.58. The highest BCUT2D eigenvalue weighted by molar-refractivity contribution is 5.92. The molecule has 2 atom stereocenters. The molecule has 0 spiro atoms. The van der Waals surface area contributed by atoms with Crippen molar-refractivity contribution in [2.75, 3.05) is 52.9 Å². The van der Waals surface area contributed by atoms with Gasteiger partial charge in [0.1, 0.15) is 5.75 Å². The van der Waals surface area contributed by atoms with Gasteiger partial charge in [0.25, 0.3) is 5.91 Å². The lowest BCUT2D eigenvalue weighted by Gasteiger charge is -2.22. The van der Waals surface area contributed by atoms with Crippen LogP contribution in [-0.2, 0) is 16.0 Å². The molecule has 0 saturated heterocycles. The first kappa shape index (κ1) is 25.2. The Labute approximate surface area is 197 Å². The smallest absolute Gasteiger partial charge is 0.286 e. The van der Waals surface area contributed by atoms with Gasteiger partial charge in [0, 0.05) is 44.5 Å². The van der Waals surface area contributed by atoms with Gasteiger partial charge in [0.05, 0.1) is 12.7 Å². The number of hydrogen-bond donors (Lipinski definition) is 2. The van der Waals surface area contributed by atoms with Crippen LogP contribution < -0.4 is 15.4 Å². The van der Waals surface area contributed by atoms with Crippen LogP contribution in [0.3, 0.4) is 0 Å². The number of allylic oxidation sites excluding steroid dienone is 1. The van der Waals surface area contributed by atoms with E-state index in [1.54, 1.807) is 12.4 Å². The Bertz CT molecular complexity index is 828. The number of amides is 2. The maximum Gasteiger partial charge on any atom is 0.286 e. The van der Waals surface area contributed by atoms with Crippen molar-refractivity contribution in [3.05, 3.63) is 35.9 Å². The van der Waals surface area contributed by atoms with E-state index in [4.69, 9.17) is 4.74 Å². The number of hydrogen-bond acceptors (Lipinski definition) is 6. The number of likely N-dealkylation sites (N-methyl/N-ethyl adjacent to an activating group) is 2. The molecule has 1 aromatic heterocycles. The maximum atomic E-state index is 12.5. The fourth-order valence-corrected chi connectivity index (χ4v) is 4.25. The molecular weight excluding hydrogens is 418 g/mol. The normalized spacial score (nSPS) is 18.8. The number of nitrogens with one attached hydrogen (secondary N) is 2. The molecule has 0 aromatic carbocycles. The van der Waals surface area contributed by atoms with Crippen LogP contribution in [0.4, 0.5) is 0 Å². The third-order valence-corrected chi connectivity index (χ3v) is 6.47. The van der Waals surface area contributed by atoms with E-state index in [9.17, 15) is 9.59 Å². The number of aromatic nitrogens is 1. The molecule has 2 amide bonds. The maximum absolute atomic E-state index is 12.5. The van der Waals surface area contributed by atoms with Crippen molar-refractivity contribution in [2.24, 2.45) is 11.8 Å². The van der Waals surface area contributed by atoms with Crippen molar-refractivity contribution >= 4 is 11.8 Å². The molecule has 8 heteroatoms. The molecule has 8 nitrogen and oxygen atoms in total. The van der Waals surface area contributed by atoms with Crippen LogP contribution in [0.5, 0.6) is 5.75 Å². The molecule has 2 N–H and O–H groups in total. The van der Waals surface area contributed by atoms with Gasteiger partial charge in [-0.05, 0) is 70.2 Å². The monoisotopic (exact) mass is 457 g/mol. The lowest BCUT2D eigenvalue weighted by molar-refractivity contribution is -0.130. The Kier molecular flexibility index (Phi) is 9.69. The second kappa shape index (κ2) is 12.7. The fourth-order valence-electron chi connectivity index (χ4n) is 4.25. The van der Waals surface area contributed by atoms with E-state index in [2.05, 4.69) is 34.5 Å². The SMILES string of the molecule is CCCN(C)CCNCC(=O)N(CC)CCC1CC1CNC(=O)C1=CCc2ccncc2O1. The molecule has 2 heterocycles. The van der Waals surface area contributed by atoms with Gasteiger partial charge in [0.15, 0.2) is 5.76 Å². The molecule has 3 rings (SSSR count). The number of pyridine rings is 1. The zero-order valence-electron chi connectivity index (χ0n) is 20.3. The summed E-state index contributed by atoms with van der Waals surface area (Å²) < 4.78 is 5.69. The van der Waals surface area contributed by atoms with Crippen molar-refractivity contribution in [3.63, 3.8) is 0 Å². The second-order valence-corrected chi connectivity index (χ2v) is 9.07. The number of carbonyl (C=O) groups excluding carboxylic acids is 2. The molecular formula is C25H39N5O3. The van der Waals surface area contributed by atoms with Gasteiger partial charge in [-0.3, -0.25) is 14.6 Å². The predicted octanol–water partition coefficient (Wildman–Crippen LogP) is 1.82. The van der Waals surface area contributed by atoms with Crippen molar-refractivity contribution in [1.29, 1.82) is 0 Å². The molecule has 1 saturated carbocycles. The summed E-state index contributed by atoms with van der Waals surface area (Å²) in [7, 11) is 2.11. The minimum atomic E-state index is -0.170. The minimum absolute atomic E-state index is 0.164. The van der Waals surface area contributed by atoms with Crippen molar-refractivity contribution in [2.45, 2.75) is 39.5 Å². The summed E-state index contributed by atoms with van der Waals surface area (Å²) in [6.45, 7) is 9.61. The summed E-state index contributed by atoms with van der Waals surface area (Å²) in [6, 6.07) is 1.90. The minimum Gasteiger partial charge on any atom is -0.450 e. The summed E-state index contributed by atoms with van der Waals surface area (Å²) in [5.41, 5.74) is 1.04. The van der Waals surface area contributed by atoms with Gasteiger partial charge in [-0.2, -0.15) is 0 Å². The first-order chi connectivity index (χ1) is 16.0. The van der Waals surface area contributed by atoms with E-state index in [1.807, 2.05) is 24.0 Å². The summed E-state index contributed by atoms with van der Waals surface area (Å²) in [5.74, 6) is 2.04. The topological polar surface area (TPSA) is 86.8 Å². The first-order valence-electron chi connectivity index (χ1n) is 12.3. The van der Waals surface area contributed by atoms with Crippen molar-refractivity contribution < 1.29 is 14.3 Å². The lowest BCUT2D eigenvalue weighted by Crippen LogP contribution is -2.40. The van der Waals surface area contributed by atoms with E-state index in [1.165, 1.54) is 0 Å². The first-order valence-corrected chi connectivity index (χ1v) is 12.3. The Morgan fingerprint density at radius 2 is 2.06 bits per heavy atom. The Balaban J connectivity index is 1.29. The third-order valence-electron chi connectivity index (χ3n) is 6.47. The van der Waals surface area contributed by atoms with Crippen LogP contribution in [0.1, 0.15) is 38.7 Å². The van der Waals surface area contributed by atoms with E-state index < -0.39 is 0 Å². The van der Waals surface area contributed by atoms with Gasteiger partial charge < -0.3 is 25.2 Å². The average molecular weight is 458 g/mol. The van der Waals surface area contributed by atoms with Crippen LogP contribution in [0.2, 0.25) is 0 Å². The number of carbonyl (C=O) groups is 2. The van der Waals surface area contributed by atoms with Crippen LogP contribution in [0.25, 0.3) is 0 Å². The van der Waals surface area contributed by atoms with E-state index in [0.29, 0.717) is 42.9 Å². The Morgan fingerprint density at radius 1 is 1.21 bits per heavy atom. The molecule has 2 aliphatic rings. The van der Waals surface area contributed by atoms with E-state index in [-0.39, 0.29) is 11.8 Å². The molecule has 1 aliphatic heterocycles. The van der Waals surface area contributed by atoms with E-state index >= 15 is 0 Å². The number of fused-ring (bicyclic) bond motifs is 1. The predicted molar refractivity (Wildman–Crippen MR) is 129 cm³/mol. The fraction of sp³-hybridized carbons (Fsp3) is 0.640. The number of nitrogens with zero attached hydrogens (tertiary/aromatic N) is 3. The Morgan fingerprint density at radius 3 is 2.85 bits per heavy atom. The van der Waals surface area contributed by atoms with Crippen LogP contribution in [0.15, 0.2) is 30.3 Å². The van der Waals surface area contributed by atoms with Crippen molar-refractivity contribution in [1.82, 2.24) is 25.4 Å². The summed E-state index contributed by atoms with van der Waals surface area (Å²) in [5, 5.41) is 6.27. The zero-order chi connectivity index (χ0) is 23.6. The van der Waals surface area contributed by atoms with Gasteiger partial charge in [-0.1, -0.05) is 6.92 Å². The quantitative estimate of drug-likeness (QED) is 0.415. The summed E-state index contributed by atoms with van der Waals surface area (Å²) >= 11 is 0. The highest BCUT2D eigenvalue weighted by Crippen LogP contribution is 2.40. The lowest BCUT2D eigenvalue weighted by atomic mass is 10.1. The highest BCUT2D eigenvalue weighted by Gasteiger charge is 2.37. The highest BCUT2D eigenvalue weighted by atomic mass is 16.5. The van der Waals surface area contributed by atoms with Crippen LogP contribution >= 0.6 is 0 Å². The van der Waals surface area contributed by atoms with Gasteiger partial charge in [0.2, 0.25) is 5.91 Å². The molecule has 0 radical (unpaired) electrons. The second-order valence-electron chi connectivity index (χ2n) is 9.07. The molecule has 1 fully saturated rings. The summed E-state index contributed by atoms with van der Waals surface area (Å²) in [4.78, 5) is 33.2. The molecule has 1 aromatic rings. The number of ether oxygens (including phenoxy) is 1.